The maximum absolute atomic E-state index is 11.8. The second kappa shape index (κ2) is 5.36. The first-order valence-electron chi connectivity index (χ1n) is 6.46. The van der Waals surface area contributed by atoms with E-state index in [1.54, 1.807) is 6.92 Å². The molecule has 1 aromatic carbocycles. The van der Waals surface area contributed by atoms with Crippen LogP contribution in [0, 0.1) is 0 Å². The van der Waals surface area contributed by atoms with Crippen LogP contribution in [0.5, 0.6) is 0 Å². The molecular formula is C15H19N3O2. The van der Waals surface area contributed by atoms with Gasteiger partial charge in [0.2, 0.25) is 0 Å². The third-order valence-electron chi connectivity index (χ3n) is 3.39. The number of anilines is 1. The van der Waals surface area contributed by atoms with Crippen molar-refractivity contribution >= 4 is 17.5 Å². The Labute approximate surface area is 118 Å². The largest absolute Gasteiger partial charge is 0.378 e. The number of rotatable bonds is 3. The Morgan fingerprint density at radius 3 is 2.30 bits per heavy atom. The van der Waals surface area contributed by atoms with E-state index in [1.807, 2.05) is 43.3 Å². The molecule has 2 amide bonds. The van der Waals surface area contributed by atoms with Crippen molar-refractivity contribution in [2.45, 2.75) is 19.9 Å². The summed E-state index contributed by atoms with van der Waals surface area (Å²) in [5, 5.41) is 5.44. The lowest BCUT2D eigenvalue weighted by molar-refractivity contribution is -0.114. The number of nitrogens with zero attached hydrogens (tertiary/aromatic N) is 1. The van der Waals surface area contributed by atoms with Crippen LogP contribution in [0.4, 0.5) is 10.5 Å². The lowest BCUT2D eigenvalue weighted by Crippen LogP contribution is -2.44. The Hall–Kier alpha value is -2.30. The Morgan fingerprint density at radius 1 is 1.20 bits per heavy atom. The molecule has 1 heterocycles. The van der Waals surface area contributed by atoms with E-state index in [4.69, 9.17) is 0 Å². The first kappa shape index (κ1) is 14.1. The van der Waals surface area contributed by atoms with Crippen LogP contribution in [0.2, 0.25) is 0 Å². The zero-order valence-corrected chi connectivity index (χ0v) is 12.2. The Morgan fingerprint density at radius 2 is 1.80 bits per heavy atom. The number of carbonyl (C=O) groups excluding carboxylic acids is 2. The normalized spacial score (nSPS) is 18.4. The van der Waals surface area contributed by atoms with Crippen molar-refractivity contribution in [3.63, 3.8) is 0 Å². The van der Waals surface area contributed by atoms with E-state index in [9.17, 15) is 9.59 Å². The summed E-state index contributed by atoms with van der Waals surface area (Å²) < 4.78 is 0. The molecule has 1 aromatic rings. The van der Waals surface area contributed by atoms with Crippen LogP contribution in [0.1, 0.15) is 25.5 Å². The van der Waals surface area contributed by atoms with Gasteiger partial charge in [-0.1, -0.05) is 12.1 Å². The van der Waals surface area contributed by atoms with E-state index >= 15 is 0 Å². The molecule has 0 bridgehead atoms. The predicted octanol–water partition coefficient (Wildman–Crippen LogP) is 1.97. The molecule has 2 N–H and O–H groups in total. The summed E-state index contributed by atoms with van der Waals surface area (Å²) in [6.07, 6.45) is 0. The topological polar surface area (TPSA) is 61.4 Å². The molecule has 1 aliphatic heterocycles. The third-order valence-corrected chi connectivity index (χ3v) is 3.39. The first-order valence-corrected chi connectivity index (χ1v) is 6.46. The molecule has 0 saturated carbocycles. The number of benzene rings is 1. The molecule has 5 heteroatoms. The highest BCUT2D eigenvalue weighted by molar-refractivity contribution is 5.98. The van der Waals surface area contributed by atoms with Crippen molar-refractivity contribution < 1.29 is 9.59 Å². The van der Waals surface area contributed by atoms with Gasteiger partial charge in [0.15, 0.2) is 5.78 Å². The molecule has 20 heavy (non-hydrogen) atoms. The molecule has 1 aliphatic rings. The highest BCUT2D eigenvalue weighted by Gasteiger charge is 2.28. The minimum atomic E-state index is -0.391. The fourth-order valence-electron chi connectivity index (χ4n) is 2.38. The van der Waals surface area contributed by atoms with Gasteiger partial charge in [-0.15, -0.1) is 0 Å². The van der Waals surface area contributed by atoms with Gasteiger partial charge >= 0.3 is 6.03 Å². The average Bonchev–Trinajstić information content (AvgIpc) is 2.37. The van der Waals surface area contributed by atoms with E-state index in [2.05, 4.69) is 10.6 Å². The summed E-state index contributed by atoms with van der Waals surface area (Å²) in [5.74, 6) is -0.0447. The summed E-state index contributed by atoms with van der Waals surface area (Å²) in [6, 6.07) is 7.13. The van der Waals surface area contributed by atoms with Crippen LogP contribution in [0.25, 0.3) is 0 Å². The van der Waals surface area contributed by atoms with Crippen LogP contribution >= 0.6 is 0 Å². The lowest BCUT2D eigenvalue weighted by Gasteiger charge is -2.28. The maximum atomic E-state index is 11.8. The molecule has 1 atom stereocenters. The number of hydrogen-bond acceptors (Lipinski definition) is 3. The first-order chi connectivity index (χ1) is 9.40. The van der Waals surface area contributed by atoms with Crippen LogP contribution in [-0.4, -0.2) is 25.9 Å². The van der Waals surface area contributed by atoms with Gasteiger partial charge in [-0.25, -0.2) is 4.79 Å². The molecule has 0 spiro atoms. The Bertz CT molecular complexity index is 573. The fourth-order valence-corrected chi connectivity index (χ4v) is 2.38. The van der Waals surface area contributed by atoms with Crippen molar-refractivity contribution in [1.82, 2.24) is 10.6 Å². The summed E-state index contributed by atoms with van der Waals surface area (Å²) in [6.45, 7) is 3.26. The molecule has 1 unspecified atom stereocenters. The molecule has 5 nitrogen and oxygen atoms in total. The minimum Gasteiger partial charge on any atom is -0.378 e. The number of amides is 2. The SMILES string of the molecule is CC(=O)C1=C(C)NC(=O)NC1c1ccc(N(C)C)cc1. The highest BCUT2D eigenvalue weighted by atomic mass is 16.2. The lowest BCUT2D eigenvalue weighted by atomic mass is 9.93. The molecule has 2 rings (SSSR count). The van der Waals surface area contributed by atoms with Gasteiger partial charge in [-0.05, 0) is 31.5 Å². The zero-order valence-electron chi connectivity index (χ0n) is 12.2. The van der Waals surface area contributed by atoms with Crippen molar-refractivity contribution in [3.05, 3.63) is 41.1 Å². The van der Waals surface area contributed by atoms with Crippen LogP contribution in [0.3, 0.4) is 0 Å². The number of hydrogen-bond donors (Lipinski definition) is 2. The Balaban J connectivity index is 2.41. The fraction of sp³-hybridized carbons (Fsp3) is 0.333. The zero-order chi connectivity index (χ0) is 14.9. The van der Waals surface area contributed by atoms with Gasteiger partial charge in [0.05, 0.1) is 6.04 Å². The molecule has 0 aromatic heterocycles. The summed E-state index contributed by atoms with van der Waals surface area (Å²) in [5.41, 5.74) is 3.18. The second-order valence-electron chi connectivity index (χ2n) is 5.11. The van der Waals surface area contributed by atoms with Gasteiger partial charge in [0, 0.05) is 31.1 Å². The quantitative estimate of drug-likeness (QED) is 0.885. The third kappa shape index (κ3) is 2.66. The van der Waals surface area contributed by atoms with E-state index in [0.29, 0.717) is 11.3 Å². The van der Waals surface area contributed by atoms with E-state index in [0.717, 1.165) is 11.3 Å². The molecule has 0 radical (unpaired) electrons. The van der Waals surface area contributed by atoms with Crippen molar-refractivity contribution in [2.24, 2.45) is 0 Å². The summed E-state index contributed by atoms with van der Waals surface area (Å²) >= 11 is 0. The standard InChI is InChI=1S/C15H19N3O2/c1-9-13(10(2)19)14(17-15(20)16-9)11-5-7-12(8-6-11)18(3)4/h5-8,14H,1-4H3,(H2,16,17,20). The van der Waals surface area contributed by atoms with Crippen LogP contribution in [-0.2, 0) is 4.79 Å². The summed E-state index contributed by atoms with van der Waals surface area (Å²) in [7, 11) is 3.93. The van der Waals surface area contributed by atoms with Gasteiger partial charge in [0.1, 0.15) is 0 Å². The van der Waals surface area contributed by atoms with Gasteiger partial charge in [0.25, 0.3) is 0 Å². The van der Waals surface area contributed by atoms with Crippen molar-refractivity contribution in [2.75, 3.05) is 19.0 Å². The van der Waals surface area contributed by atoms with Gasteiger partial charge in [-0.3, -0.25) is 4.79 Å². The maximum Gasteiger partial charge on any atom is 0.319 e. The number of ketones is 1. The monoisotopic (exact) mass is 273 g/mol. The summed E-state index contributed by atoms with van der Waals surface area (Å²) in [4.78, 5) is 25.4. The number of carbonyl (C=O) groups is 2. The van der Waals surface area contributed by atoms with Gasteiger partial charge < -0.3 is 15.5 Å². The number of allylic oxidation sites excluding steroid dienone is 1. The van der Waals surface area contributed by atoms with E-state index in [-0.39, 0.29) is 11.8 Å². The molecule has 0 aliphatic carbocycles. The average molecular weight is 273 g/mol. The molecule has 106 valence electrons. The van der Waals surface area contributed by atoms with E-state index < -0.39 is 6.04 Å². The second-order valence-corrected chi connectivity index (χ2v) is 5.11. The van der Waals surface area contributed by atoms with E-state index in [1.165, 1.54) is 6.92 Å². The number of nitrogens with one attached hydrogen (secondary N) is 2. The number of Topliss-reactive ketones (excluding diaryl/α,β-unsaturated/α-hetero) is 1. The molecular weight excluding hydrogens is 254 g/mol. The minimum absolute atomic E-state index is 0.0447. The van der Waals surface area contributed by atoms with Crippen LogP contribution in [0.15, 0.2) is 35.5 Å². The van der Waals surface area contributed by atoms with Crippen molar-refractivity contribution in [3.8, 4) is 0 Å². The predicted molar refractivity (Wildman–Crippen MR) is 78.6 cm³/mol. The van der Waals surface area contributed by atoms with Crippen molar-refractivity contribution in [1.29, 1.82) is 0 Å². The molecule has 0 saturated heterocycles. The van der Waals surface area contributed by atoms with Crippen LogP contribution < -0.4 is 15.5 Å². The highest BCUT2D eigenvalue weighted by Crippen LogP contribution is 2.28. The number of urea groups is 1. The smallest absolute Gasteiger partial charge is 0.319 e. The Kier molecular flexibility index (Phi) is 3.79. The molecule has 0 fully saturated rings. The van der Waals surface area contributed by atoms with Gasteiger partial charge in [-0.2, -0.15) is 0 Å².